The number of hydrogen-bond acceptors (Lipinski definition) is 3. The van der Waals surface area contributed by atoms with E-state index in [1.54, 1.807) is 0 Å². The molecule has 1 aliphatic heterocycles. The van der Waals surface area contributed by atoms with Crippen LogP contribution in [0.3, 0.4) is 0 Å². The average molecular weight is 378 g/mol. The Morgan fingerprint density at radius 2 is 1.85 bits per heavy atom. The number of ether oxygens (including phenoxy) is 1. The smallest absolute Gasteiger partial charge is 0.410 e. The molecule has 1 heterocycles. The number of nitrogens with zero attached hydrogens (tertiary/aromatic N) is 1. The van der Waals surface area contributed by atoms with Crippen LogP contribution in [0.25, 0.3) is 0 Å². The molecule has 146 valence electrons. The first-order chi connectivity index (χ1) is 12.0. The Labute approximate surface area is 160 Å². The van der Waals surface area contributed by atoms with Crippen LogP contribution in [0.15, 0.2) is 30.3 Å². The second-order valence-corrected chi connectivity index (χ2v) is 13.9. The molecular formula is C21H35NO3Si. The summed E-state index contributed by atoms with van der Waals surface area (Å²) in [6.45, 7) is 16.7. The van der Waals surface area contributed by atoms with Gasteiger partial charge in [-0.15, -0.1) is 0 Å². The largest absolute Gasteiger partial charge is 0.445 e. The van der Waals surface area contributed by atoms with Crippen LogP contribution in [0, 0.1) is 5.92 Å². The van der Waals surface area contributed by atoms with E-state index in [1.165, 1.54) is 0 Å². The minimum atomic E-state index is -1.87. The van der Waals surface area contributed by atoms with Gasteiger partial charge in [0.1, 0.15) is 6.61 Å². The molecule has 5 heteroatoms. The summed E-state index contributed by atoms with van der Waals surface area (Å²) >= 11 is 0. The summed E-state index contributed by atoms with van der Waals surface area (Å²) in [4.78, 5) is 14.6. The third-order valence-corrected chi connectivity index (χ3v) is 10.3. The number of hydrogen-bond donors (Lipinski definition) is 0. The number of carbonyl (C=O) groups is 1. The van der Waals surface area contributed by atoms with Crippen molar-refractivity contribution in [1.29, 1.82) is 0 Å². The Bertz CT molecular complexity index is 595. The molecule has 0 radical (unpaired) electrons. The van der Waals surface area contributed by atoms with Crippen molar-refractivity contribution < 1.29 is 14.0 Å². The highest BCUT2D eigenvalue weighted by molar-refractivity contribution is 6.74. The first-order valence-electron chi connectivity index (χ1n) is 9.68. The van der Waals surface area contributed by atoms with Crippen molar-refractivity contribution in [2.24, 2.45) is 5.92 Å². The molecule has 26 heavy (non-hydrogen) atoms. The quantitative estimate of drug-likeness (QED) is 0.641. The molecule has 1 aromatic rings. The summed E-state index contributed by atoms with van der Waals surface area (Å²) < 4.78 is 12.3. The van der Waals surface area contributed by atoms with Gasteiger partial charge < -0.3 is 14.1 Å². The molecule has 0 N–H and O–H groups in total. The van der Waals surface area contributed by atoms with Gasteiger partial charge in [0.2, 0.25) is 0 Å². The molecule has 1 amide bonds. The lowest BCUT2D eigenvalue weighted by Gasteiger charge is -2.41. The third-order valence-electron chi connectivity index (χ3n) is 5.77. The van der Waals surface area contributed by atoms with Gasteiger partial charge in [0, 0.05) is 6.54 Å². The van der Waals surface area contributed by atoms with Crippen LogP contribution in [0.1, 0.15) is 46.6 Å². The van der Waals surface area contributed by atoms with Crippen molar-refractivity contribution in [3.8, 4) is 0 Å². The highest BCUT2D eigenvalue weighted by Crippen LogP contribution is 2.40. The highest BCUT2D eigenvalue weighted by atomic mass is 28.4. The van der Waals surface area contributed by atoms with Gasteiger partial charge in [-0.25, -0.2) is 4.79 Å². The number of likely N-dealkylation sites (tertiary alicyclic amines) is 1. The molecule has 4 nitrogen and oxygen atoms in total. The number of rotatable bonds is 5. The molecule has 0 saturated carbocycles. The minimum Gasteiger partial charge on any atom is -0.445 e. The zero-order chi connectivity index (χ0) is 19.5. The first-order valence-corrected chi connectivity index (χ1v) is 12.6. The molecule has 0 unspecified atom stereocenters. The van der Waals surface area contributed by atoms with Gasteiger partial charge in [0.05, 0.1) is 12.1 Å². The van der Waals surface area contributed by atoms with Crippen LogP contribution in [0.2, 0.25) is 18.1 Å². The lowest BCUT2D eigenvalue weighted by molar-refractivity contribution is 0.0599. The molecule has 1 fully saturated rings. The normalized spacial score (nSPS) is 21.3. The van der Waals surface area contributed by atoms with Crippen LogP contribution >= 0.6 is 0 Å². The molecule has 1 aliphatic rings. The molecule has 0 spiro atoms. The SMILES string of the molecule is CC(C)[C@H]1[C@H](O[Si](C)(C)C(C)(C)C)CCN1C(=O)OCc1ccccc1. The molecule has 1 saturated heterocycles. The minimum absolute atomic E-state index is 0.0763. The highest BCUT2D eigenvalue weighted by Gasteiger charge is 2.46. The van der Waals surface area contributed by atoms with Crippen LogP contribution in [0.5, 0.6) is 0 Å². The number of carbonyl (C=O) groups excluding carboxylic acids is 1. The van der Waals surface area contributed by atoms with Gasteiger partial charge in [-0.1, -0.05) is 65.0 Å². The van der Waals surface area contributed by atoms with E-state index < -0.39 is 8.32 Å². The van der Waals surface area contributed by atoms with Crippen molar-refractivity contribution in [3.63, 3.8) is 0 Å². The fraction of sp³-hybridized carbons (Fsp3) is 0.667. The lowest BCUT2D eigenvalue weighted by Crippen LogP contribution is -2.50. The summed E-state index contributed by atoms with van der Waals surface area (Å²) in [6.07, 6.45) is 0.754. The molecule has 2 atom stereocenters. The van der Waals surface area contributed by atoms with Gasteiger partial charge >= 0.3 is 6.09 Å². The van der Waals surface area contributed by atoms with Gasteiger partial charge in [-0.05, 0) is 36.0 Å². The fourth-order valence-electron chi connectivity index (χ4n) is 3.28. The van der Waals surface area contributed by atoms with Gasteiger partial charge in [-0.2, -0.15) is 0 Å². The van der Waals surface area contributed by atoms with E-state index in [0.717, 1.165) is 12.0 Å². The predicted octanol–water partition coefficient (Wildman–Crippen LogP) is 5.44. The van der Waals surface area contributed by atoms with E-state index in [2.05, 4.69) is 47.7 Å². The number of amides is 1. The Kier molecular flexibility index (Phi) is 6.56. The van der Waals surface area contributed by atoms with Crippen molar-refractivity contribution in [3.05, 3.63) is 35.9 Å². The molecule has 0 aromatic heterocycles. The van der Waals surface area contributed by atoms with Crippen LogP contribution in [0.4, 0.5) is 4.79 Å². The van der Waals surface area contributed by atoms with E-state index in [9.17, 15) is 4.79 Å². The average Bonchev–Trinajstić information content (AvgIpc) is 2.95. The third kappa shape index (κ3) is 4.89. The van der Waals surface area contributed by atoms with E-state index in [0.29, 0.717) is 19.1 Å². The van der Waals surface area contributed by atoms with Crippen molar-refractivity contribution >= 4 is 14.4 Å². The molecule has 0 bridgehead atoms. The Balaban J connectivity index is 2.04. The molecular weight excluding hydrogens is 342 g/mol. The van der Waals surface area contributed by atoms with Gasteiger partial charge in [0.15, 0.2) is 8.32 Å². The Morgan fingerprint density at radius 1 is 1.23 bits per heavy atom. The van der Waals surface area contributed by atoms with E-state index in [4.69, 9.17) is 9.16 Å². The van der Waals surface area contributed by atoms with E-state index >= 15 is 0 Å². The second-order valence-electron chi connectivity index (χ2n) is 9.17. The maximum Gasteiger partial charge on any atom is 0.410 e. The van der Waals surface area contributed by atoms with Crippen LogP contribution < -0.4 is 0 Å². The first kappa shape index (κ1) is 21.0. The summed E-state index contributed by atoms with van der Waals surface area (Å²) in [5.41, 5.74) is 1.01. The maximum absolute atomic E-state index is 12.7. The maximum atomic E-state index is 12.7. The van der Waals surface area contributed by atoms with Crippen molar-refractivity contribution in [1.82, 2.24) is 4.90 Å². The van der Waals surface area contributed by atoms with Crippen molar-refractivity contribution in [2.45, 2.75) is 77.9 Å². The Hall–Kier alpha value is -1.33. The number of benzene rings is 1. The van der Waals surface area contributed by atoms with E-state index in [-0.39, 0.29) is 23.3 Å². The summed E-state index contributed by atoms with van der Waals surface area (Å²) in [6, 6.07) is 9.90. The summed E-state index contributed by atoms with van der Waals surface area (Å²) in [7, 11) is -1.87. The fourth-order valence-corrected chi connectivity index (χ4v) is 4.64. The van der Waals surface area contributed by atoms with Crippen LogP contribution in [-0.4, -0.2) is 38.0 Å². The summed E-state index contributed by atoms with van der Waals surface area (Å²) in [5.74, 6) is 0.330. The zero-order valence-electron chi connectivity index (χ0n) is 17.4. The zero-order valence-corrected chi connectivity index (χ0v) is 18.4. The monoisotopic (exact) mass is 377 g/mol. The predicted molar refractivity (Wildman–Crippen MR) is 109 cm³/mol. The van der Waals surface area contributed by atoms with Crippen molar-refractivity contribution in [2.75, 3.05) is 6.54 Å². The topological polar surface area (TPSA) is 38.8 Å². The van der Waals surface area contributed by atoms with E-state index in [1.807, 2.05) is 35.2 Å². The lowest BCUT2D eigenvalue weighted by atomic mass is 10.00. The molecule has 0 aliphatic carbocycles. The van der Waals surface area contributed by atoms with Gasteiger partial charge in [0.25, 0.3) is 0 Å². The standard InChI is InChI=1S/C21H35NO3Si/c1-16(2)19-18(25-26(6,7)21(3,4)5)13-14-22(19)20(23)24-15-17-11-9-8-10-12-17/h8-12,16,18-19H,13-15H2,1-7H3/t18-,19+/m1/s1. The Morgan fingerprint density at radius 3 is 2.38 bits per heavy atom. The molecule has 1 aromatic carbocycles. The summed E-state index contributed by atoms with van der Waals surface area (Å²) in [5, 5.41) is 0.162. The van der Waals surface area contributed by atoms with Gasteiger partial charge in [-0.3, -0.25) is 0 Å². The second kappa shape index (κ2) is 8.13. The van der Waals surface area contributed by atoms with Crippen LogP contribution in [-0.2, 0) is 15.8 Å². The molecule has 2 rings (SSSR count).